The van der Waals surface area contributed by atoms with Crippen molar-refractivity contribution in [1.29, 1.82) is 0 Å². The van der Waals surface area contributed by atoms with Gasteiger partial charge in [-0.15, -0.1) is 0 Å². The van der Waals surface area contributed by atoms with Crippen LogP contribution >= 0.6 is 0 Å². The summed E-state index contributed by atoms with van der Waals surface area (Å²) >= 11 is 0. The normalized spacial score (nSPS) is 15.7. The molecule has 0 aromatic carbocycles. The Bertz CT molecular complexity index is 352. The Balaban J connectivity index is 2.21. The molecule has 15 heavy (non-hydrogen) atoms. The van der Waals surface area contributed by atoms with Gasteiger partial charge in [0.2, 0.25) is 5.88 Å². The third kappa shape index (κ3) is 2.71. The third-order valence-corrected chi connectivity index (χ3v) is 2.54. The monoisotopic (exact) mass is 205 g/mol. The van der Waals surface area contributed by atoms with Crippen molar-refractivity contribution in [2.75, 3.05) is 6.61 Å². The van der Waals surface area contributed by atoms with Gasteiger partial charge in [-0.1, -0.05) is 26.8 Å². The Labute approximate surface area is 91.7 Å². The fourth-order valence-electron chi connectivity index (χ4n) is 1.90. The summed E-state index contributed by atoms with van der Waals surface area (Å²) in [5.41, 5.74) is 2.69. The van der Waals surface area contributed by atoms with Gasteiger partial charge in [-0.3, -0.25) is 0 Å². The van der Waals surface area contributed by atoms with Crippen molar-refractivity contribution in [3.63, 3.8) is 0 Å². The van der Waals surface area contributed by atoms with E-state index in [4.69, 9.17) is 4.74 Å². The Morgan fingerprint density at radius 2 is 2.13 bits per heavy atom. The second-order valence-electron chi connectivity index (χ2n) is 5.46. The zero-order valence-electron chi connectivity index (χ0n) is 9.84. The second kappa shape index (κ2) is 3.84. The van der Waals surface area contributed by atoms with Gasteiger partial charge in [0, 0.05) is 11.3 Å². The number of rotatable bonds is 1. The first-order valence-corrected chi connectivity index (χ1v) is 5.66. The highest BCUT2D eigenvalue weighted by Gasteiger charge is 2.16. The van der Waals surface area contributed by atoms with Gasteiger partial charge in [0.1, 0.15) is 0 Å². The maximum absolute atomic E-state index is 5.57. The number of aryl methyl sites for hydroxylation is 1. The maximum atomic E-state index is 5.57. The maximum Gasteiger partial charge on any atom is 0.216 e. The van der Waals surface area contributed by atoms with E-state index in [1.807, 2.05) is 0 Å². The first kappa shape index (κ1) is 10.5. The van der Waals surface area contributed by atoms with Crippen LogP contribution in [0, 0.1) is 5.41 Å². The van der Waals surface area contributed by atoms with Crippen LogP contribution in [0.2, 0.25) is 0 Å². The Morgan fingerprint density at radius 3 is 2.87 bits per heavy atom. The minimum atomic E-state index is 0.288. The molecule has 2 heterocycles. The number of fused-ring (bicyclic) bond motifs is 1. The molecular weight excluding hydrogens is 186 g/mol. The number of ether oxygens (including phenoxy) is 1. The van der Waals surface area contributed by atoms with E-state index in [0.29, 0.717) is 0 Å². The van der Waals surface area contributed by atoms with E-state index in [-0.39, 0.29) is 5.41 Å². The Hall–Kier alpha value is -1.05. The lowest BCUT2D eigenvalue weighted by Crippen LogP contribution is -2.14. The van der Waals surface area contributed by atoms with Crippen molar-refractivity contribution in [2.24, 2.45) is 5.41 Å². The number of nitrogens with zero attached hydrogens (tertiary/aromatic N) is 1. The van der Waals surface area contributed by atoms with Gasteiger partial charge in [-0.05, 0) is 30.7 Å². The summed E-state index contributed by atoms with van der Waals surface area (Å²) in [5, 5.41) is 0. The van der Waals surface area contributed by atoms with Crippen LogP contribution in [0.3, 0.4) is 0 Å². The van der Waals surface area contributed by atoms with Crippen molar-refractivity contribution >= 4 is 0 Å². The molecule has 0 fully saturated rings. The molecule has 1 aliphatic heterocycles. The quantitative estimate of drug-likeness (QED) is 0.703. The predicted molar refractivity (Wildman–Crippen MR) is 61.2 cm³/mol. The molecule has 0 radical (unpaired) electrons. The lowest BCUT2D eigenvalue weighted by molar-refractivity contribution is 0.274. The van der Waals surface area contributed by atoms with E-state index < -0.39 is 0 Å². The number of aromatic nitrogens is 1. The zero-order valence-corrected chi connectivity index (χ0v) is 9.84. The summed E-state index contributed by atoms with van der Waals surface area (Å²) in [5.74, 6) is 0.864. The van der Waals surface area contributed by atoms with Crippen LogP contribution in [0.4, 0.5) is 0 Å². The van der Waals surface area contributed by atoms with Crippen LogP contribution < -0.4 is 4.74 Å². The van der Waals surface area contributed by atoms with Crippen LogP contribution in [-0.2, 0) is 12.8 Å². The van der Waals surface area contributed by atoms with Crippen LogP contribution in [0.15, 0.2) is 12.1 Å². The van der Waals surface area contributed by atoms with Crippen molar-refractivity contribution in [1.82, 2.24) is 4.98 Å². The number of hydrogen-bond donors (Lipinski definition) is 0. The van der Waals surface area contributed by atoms with Gasteiger partial charge < -0.3 is 4.74 Å². The molecule has 2 heteroatoms. The zero-order chi connectivity index (χ0) is 10.9. The third-order valence-electron chi connectivity index (χ3n) is 2.54. The van der Waals surface area contributed by atoms with Gasteiger partial charge in [-0.2, -0.15) is 0 Å². The molecule has 0 saturated carbocycles. The molecule has 2 rings (SSSR count). The molecule has 0 unspecified atom stereocenters. The average Bonchev–Trinajstić information content (AvgIpc) is 2.15. The smallest absolute Gasteiger partial charge is 0.216 e. The molecule has 0 saturated heterocycles. The molecular formula is C13H19NO. The molecule has 2 nitrogen and oxygen atoms in total. The summed E-state index contributed by atoms with van der Waals surface area (Å²) in [6.07, 6.45) is 3.23. The standard InChI is InChI=1S/C13H19NO/c1-13(2,3)9-11-7-6-10-5-4-8-15-12(10)14-11/h6-7H,4-5,8-9H2,1-3H3. The van der Waals surface area contributed by atoms with E-state index in [9.17, 15) is 0 Å². The summed E-state index contributed by atoms with van der Waals surface area (Å²) in [6.45, 7) is 7.51. The average molecular weight is 205 g/mol. The van der Waals surface area contributed by atoms with Crippen LogP contribution in [0.25, 0.3) is 0 Å². The summed E-state index contributed by atoms with van der Waals surface area (Å²) in [7, 11) is 0. The number of pyridine rings is 1. The van der Waals surface area contributed by atoms with E-state index in [0.717, 1.165) is 37.4 Å². The first-order chi connectivity index (χ1) is 7.04. The fraction of sp³-hybridized carbons (Fsp3) is 0.615. The van der Waals surface area contributed by atoms with Gasteiger partial charge >= 0.3 is 0 Å². The Kier molecular flexibility index (Phi) is 2.68. The highest BCUT2D eigenvalue weighted by Crippen LogP contribution is 2.25. The molecule has 0 amide bonds. The molecule has 82 valence electrons. The topological polar surface area (TPSA) is 22.1 Å². The van der Waals surface area contributed by atoms with E-state index in [2.05, 4.69) is 37.9 Å². The van der Waals surface area contributed by atoms with Crippen molar-refractivity contribution in [3.8, 4) is 5.88 Å². The first-order valence-electron chi connectivity index (χ1n) is 5.66. The minimum absolute atomic E-state index is 0.288. The molecule has 1 aliphatic rings. The van der Waals surface area contributed by atoms with Gasteiger partial charge in [-0.25, -0.2) is 4.98 Å². The molecule has 0 spiro atoms. The van der Waals surface area contributed by atoms with Crippen LogP contribution in [0.5, 0.6) is 5.88 Å². The largest absolute Gasteiger partial charge is 0.477 e. The van der Waals surface area contributed by atoms with Crippen molar-refractivity contribution in [2.45, 2.75) is 40.0 Å². The lowest BCUT2D eigenvalue weighted by Gasteiger charge is -2.20. The van der Waals surface area contributed by atoms with E-state index in [1.54, 1.807) is 0 Å². The summed E-state index contributed by atoms with van der Waals surface area (Å²) in [6, 6.07) is 4.31. The SMILES string of the molecule is CC(C)(C)Cc1ccc2c(n1)OCCC2. The van der Waals surface area contributed by atoms with Crippen LogP contribution in [0.1, 0.15) is 38.4 Å². The number of hydrogen-bond acceptors (Lipinski definition) is 2. The minimum Gasteiger partial charge on any atom is -0.477 e. The molecule has 0 atom stereocenters. The fourth-order valence-corrected chi connectivity index (χ4v) is 1.90. The molecule has 1 aromatic heterocycles. The van der Waals surface area contributed by atoms with Gasteiger partial charge in [0.05, 0.1) is 6.61 Å². The Morgan fingerprint density at radius 1 is 1.33 bits per heavy atom. The predicted octanol–water partition coefficient (Wildman–Crippen LogP) is 3.00. The van der Waals surface area contributed by atoms with Gasteiger partial charge in [0.25, 0.3) is 0 Å². The van der Waals surface area contributed by atoms with E-state index >= 15 is 0 Å². The summed E-state index contributed by atoms with van der Waals surface area (Å²) < 4.78 is 5.57. The van der Waals surface area contributed by atoms with Crippen molar-refractivity contribution in [3.05, 3.63) is 23.4 Å². The highest BCUT2D eigenvalue weighted by molar-refractivity contribution is 5.30. The molecule has 1 aromatic rings. The summed E-state index contributed by atoms with van der Waals surface area (Å²) in [4.78, 5) is 4.58. The van der Waals surface area contributed by atoms with Crippen molar-refractivity contribution < 1.29 is 4.74 Å². The molecule has 0 N–H and O–H groups in total. The molecule has 0 bridgehead atoms. The molecule has 0 aliphatic carbocycles. The van der Waals surface area contributed by atoms with Crippen LogP contribution in [-0.4, -0.2) is 11.6 Å². The van der Waals surface area contributed by atoms with Gasteiger partial charge in [0.15, 0.2) is 0 Å². The van der Waals surface area contributed by atoms with E-state index in [1.165, 1.54) is 5.56 Å². The highest BCUT2D eigenvalue weighted by atomic mass is 16.5. The lowest BCUT2D eigenvalue weighted by atomic mass is 9.90. The second-order valence-corrected chi connectivity index (χ2v) is 5.46.